The second-order valence-electron chi connectivity index (χ2n) is 7.57. The van der Waals surface area contributed by atoms with Crippen LogP contribution in [0.4, 0.5) is 0 Å². The van der Waals surface area contributed by atoms with E-state index in [1.807, 2.05) is 84.3 Å². The zero-order chi connectivity index (χ0) is 23.5. The molecule has 5 rings (SSSR count). The first kappa shape index (κ1) is 21.9. The fourth-order valence-corrected chi connectivity index (χ4v) is 4.68. The lowest BCUT2D eigenvalue weighted by Crippen LogP contribution is -2.02. The number of aryl methyl sites for hydroxylation is 1. The molecule has 0 saturated carbocycles. The Balaban J connectivity index is 1.56. The van der Waals surface area contributed by atoms with Crippen molar-refractivity contribution in [2.75, 3.05) is 14.2 Å². The molecule has 7 nitrogen and oxygen atoms in total. The number of hydrogen-bond donors (Lipinski definition) is 0. The van der Waals surface area contributed by atoms with Crippen molar-refractivity contribution in [1.82, 2.24) is 24.7 Å². The average molecular weight is 470 g/mol. The maximum absolute atomic E-state index is 5.60. The molecule has 0 saturated heterocycles. The van der Waals surface area contributed by atoms with Crippen LogP contribution in [0.2, 0.25) is 0 Å². The molecular weight excluding hydrogens is 446 g/mol. The fraction of sp³-hybridized carbons (Fsp3) is 0.154. The van der Waals surface area contributed by atoms with E-state index in [9.17, 15) is 0 Å². The number of hydrogen-bond acceptors (Lipinski definition) is 7. The molecule has 0 N–H and O–H groups in total. The molecule has 170 valence electrons. The highest BCUT2D eigenvalue weighted by atomic mass is 32.2. The normalized spacial score (nSPS) is 11.0. The van der Waals surface area contributed by atoms with Gasteiger partial charge in [-0.15, -0.1) is 10.2 Å². The molecule has 8 heteroatoms. The van der Waals surface area contributed by atoms with Gasteiger partial charge >= 0.3 is 0 Å². The molecule has 34 heavy (non-hydrogen) atoms. The Morgan fingerprint density at radius 3 is 2.24 bits per heavy atom. The quantitative estimate of drug-likeness (QED) is 0.292. The lowest BCUT2D eigenvalue weighted by atomic mass is 10.2. The Morgan fingerprint density at radius 2 is 1.50 bits per heavy atom. The summed E-state index contributed by atoms with van der Waals surface area (Å²) in [7, 11) is 3.31. The van der Waals surface area contributed by atoms with E-state index >= 15 is 0 Å². The molecule has 2 aromatic heterocycles. The van der Waals surface area contributed by atoms with E-state index in [0.717, 1.165) is 50.3 Å². The highest BCUT2D eigenvalue weighted by Crippen LogP contribution is 2.34. The number of thioether (sulfide) groups is 1. The molecule has 0 atom stereocenters. The number of fused-ring (bicyclic) bond motifs is 1. The first-order valence-electron chi connectivity index (χ1n) is 10.8. The van der Waals surface area contributed by atoms with E-state index in [2.05, 4.69) is 10.2 Å². The number of aromatic nitrogens is 5. The minimum atomic E-state index is 0.615. The van der Waals surface area contributed by atoms with Crippen LogP contribution in [0.3, 0.4) is 0 Å². The van der Waals surface area contributed by atoms with Gasteiger partial charge < -0.3 is 9.47 Å². The Bertz CT molecular complexity index is 1450. The second-order valence-corrected chi connectivity index (χ2v) is 8.52. The van der Waals surface area contributed by atoms with Crippen molar-refractivity contribution in [3.63, 3.8) is 0 Å². The summed E-state index contributed by atoms with van der Waals surface area (Å²) in [6, 6.07) is 23.5. The zero-order valence-electron chi connectivity index (χ0n) is 19.1. The maximum Gasteiger partial charge on any atom is 0.196 e. The van der Waals surface area contributed by atoms with Gasteiger partial charge in [0.05, 0.1) is 47.9 Å². The summed E-state index contributed by atoms with van der Waals surface area (Å²) in [6.45, 7) is 1.99. The Labute approximate surface area is 201 Å². The van der Waals surface area contributed by atoms with Crippen molar-refractivity contribution in [2.45, 2.75) is 17.8 Å². The Morgan fingerprint density at radius 1 is 0.794 bits per heavy atom. The summed E-state index contributed by atoms with van der Waals surface area (Å²) < 4.78 is 13.0. The largest absolute Gasteiger partial charge is 0.497 e. The van der Waals surface area contributed by atoms with Crippen molar-refractivity contribution < 1.29 is 9.47 Å². The van der Waals surface area contributed by atoms with Crippen LogP contribution >= 0.6 is 11.8 Å². The van der Waals surface area contributed by atoms with Crippen molar-refractivity contribution in [3.05, 3.63) is 84.2 Å². The third-order valence-corrected chi connectivity index (χ3v) is 6.43. The molecule has 0 fully saturated rings. The highest BCUT2D eigenvalue weighted by molar-refractivity contribution is 7.98. The SMILES string of the molecule is COc1ccc(-n2c(SCc3nc4ccccc4nc3C)nnc2-c2ccccc2OC)cc1. The highest BCUT2D eigenvalue weighted by Gasteiger charge is 2.20. The van der Waals surface area contributed by atoms with Crippen molar-refractivity contribution >= 4 is 22.8 Å². The molecule has 0 bridgehead atoms. The molecule has 0 unspecified atom stereocenters. The standard InChI is InChI=1S/C26H23N5O2S/c1-17-23(28-22-10-6-5-9-21(22)27-17)16-34-26-30-29-25(20-8-4-7-11-24(20)33-3)31(26)18-12-14-19(32-2)15-13-18/h4-15H,16H2,1-3H3. The topological polar surface area (TPSA) is 75.0 Å². The second kappa shape index (κ2) is 9.52. The Hall–Kier alpha value is -3.91. The lowest BCUT2D eigenvalue weighted by molar-refractivity contribution is 0.414. The molecule has 0 aliphatic rings. The monoisotopic (exact) mass is 469 g/mol. The smallest absolute Gasteiger partial charge is 0.196 e. The summed E-state index contributed by atoms with van der Waals surface area (Å²) in [6.07, 6.45) is 0. The molecule has 5 aromatic rings. The van der Waals surface area contributed by atoms with Gasteiger partial charge in [0.25, 0.3) is 0 Å². The molecule has 0 spiro atoms. The molecular formula is C26H23N5O2S. The van der Waals surface area contributed by atoms with Crippen LogP contribution in [-0.2, 0) is 5.75 Å². The summed E-state index contributed by atoms with van der Waals surface area (Å²) in [5, 5.41) is 9.83. The first-order valence-corrected chi connectivity index (χ1v) is 11.7. The summed E-state index contributed by atoms with van der Waals surface area (Å²) >= 11 is 1.57. The predicted octanol–water partition coefficient (Wildman–Crippen LogP) is 5.50. The molecule has 0 aliphatic carbocycles. The van der Waals surface area contributed by atoms with Gasteiger partial charge in [0.1, 0.15) is 11.5 Å². The van der Waals surface area contributed by atoms with Gasteiger partial charge in [0.2, 0.25) is 0 Å². The first-order chi connectivity index (χ1) is 16.7. The van der Waals surface area contributed by atoms with Crippen molar-refractivity contribution in [1.29, 1.82) is 0 Å². The minimum absolute atomic E-state index is 0.615. The Kier molecular flexibility index (Phi) is 6.14. The van der Waals surface area contributed by atoms with Gasteiger partial charge in [-0.3, -0.25) is 4.57 Å². The van der Waals surface area contributed by atoms with Crippen LogP contribution in [0.15, 0.2) is 78.0 Å². The molecule has 2 heterocycles. The van der Waals surface area contributed by atoms with Gasteiger partial charge in [-0.05, 0) is 55.5 Å². The van der Waals surface area contributed by atoms with Gasteiger partial charge in [0.15, 0.2) is 11.0 Å². The van der Waals surface area contributed by atoms with Crippen molar-refractivity contribution in [2.24, 2.45) is 0 Å². The van der Waals surface area contributed by atoms with Crippen LogP contribution in [0.1, 0.15) is 11.4 Å². The summed E-state index contributed by atoms with van der Waals surface area (Å²) in [5.41, 5.74) is 5.40. The van der Waals surface area contributed by atoms with Gasteiger partial charge in [-0.2, -0.15) is 0 Å². The van der Waals surface area contributed by atoms with E-state index < -0.39 is 0 Å². The van der Waals surface area contributed by atoms with Crippen LogP contribution in [0.5, 0.6) is 11.5 Å². The average Bonchev–Trinajstić information content (AvgIpc) is 3.31. The van der Waals surface area contributed by atoms with Gasteiger partial charge in [0, 0.05) is 5.75 Å². The molecule has 3 aromatic carbocycles. The predicted molar refractivity (Wildman–Crippen MR) is 134 cm³/mol. The van der Waals surface area contributed by atoms with Gasteiger partial charge in [-0.1, -0.05) is 36.0 Å². The van der Waals surface area contributed by atoms with Crippen LogP contribution in [0.25, 0.3) is 28.1 Å². The lowest BCUT2D eigenvalue weighted by Gasteiger charge is -2.13. The zero-order valence-corrected chi connectivity index (χ0v) is 19.9. The minimum Gasteiger partial charge on any atom is -0.497 e. The van der Waals surface area contributed by atoms with E-state index in [0.29, 0.717) is 11.6 Å². The van der Waals surface area contributed by atoms with Crippen LogP contribution < -0.4 is 9.47 Å². The van der Waals surface area contributed by atoms with E-state index in [1.165, 1.54) is 0 Å². The number of methoxy groups -OCH3 is 2. The number of nitrogens with zero attached hydrogens (tertiary/aromatic N) is 5. The number of para-hydroxylation sites is 3. The van der Waals surface area contributed by atoms with Crippen molar-refractivity contribution in [3.8, 4) is 28.6 Å². The van der Waals surface area contributed by atoms with E-state index in [-0.39, 0.29) is 0 Å². The molecule has 0 amide bonds. The summed E-state index contributed by atoms with van der Waals surface area (Å²) in [4.78, 5) is 9.54. The summed E-state index contributed by atoms with van der Waals surface area (Å²) in [5.74, 6) is 2.83. The fourth-order valence-electron chi connectivity index (χ4n) is 3.73. The molecule has 0 radical (unpaired) electrons. The third kappa shape index (κ3) is 4.20. The maximum atomic E-state index is 5.60. The van der Waals surface area contributed by atoms with E-state index in [1.54, 1.807) is 26.0 Å². The van der Waals surface area contributed by atoms with Gasteiger partial charge in [-0.25, -0.2) is 9.97 Å². The third-order valence-electron chi connectivity index (χ3n) is 5.49. The van der Waals surface area contributed by atoms with E-state index in [4.69, 9.17) is 19.4 Å². The number of ether oxygens (including phenoxy) is 2. The van der Waals surface area contributed by atoms with Crippen LogP contribution in [-0.4, -0.2) is 39.0 Å². The number of rotatable bonds is 7. The number of benzene rings is 3. The van der Waals surface area contributed by atoms with Crippen LogP contribution in [0, 0.1) is 6.92 Å². The molecule has 0 aliphatic heterocycles.